The third-order valence-electron chi connectivity index (χ3n) is 5.00. The minimum Gasteiger partial charge on any atom is -0.342 e. The van der Waals surface area contributed by atoms with Crippen LogP contribution in [-0.2, 0) is 6.42 Å². The van der Waals surface area contributed by atoms with Crippen molar-refractivity contribution in [3.63, 3.8) is 0 Å². The smallest absolute Gasteiger partial charge is 0.0417 e. The molecule has 0 N–H and O–H groups in total. The maximum absolute atomic E-state index is 2.38. The molecule has 0 heterocycles. The summed E-state index contributed by atoms with van der Waals surface area (Å²) in [5.74, 6) is 0. The SMILES string of the molecule is CCN(c1ccc(C)cc1)c1ccc2c(c1)-c1ccc(C)cc1C2. The van der Waals surface area contributed by atoms with Gasteiger partial charge < -0.3 is 4.90 Å². The van der Waals surface area contributed by atoms with Gasteiger partial charge >= 0.3 is 0 Å². The first-order valence-electron chi connectivity index (χ1n) is 8.73. The molecule has 0 fully saturated rings. The molecule has 0 saturated carbocycles. The molecule has 0 aromatic heterocycles. The topological polar surface area (TPSA) is 3.24 Å². The van der Waals surface area contributed by atoms with E-state index in [-0.39, 0.29) is 0 Å². The molecule has 4 rings (SSSR count). The monoisotopic (exact) mass is 313 g/mol. The average Bonchev–Trinajstić information content (AvgIpc) is 2.94. The lowest BCUT2D eigenvalue weighted by Crippen LogP contribution is -2.15. The van der Waals surface area contributed by atoms with Crippen LogP contribution in [0.5, 0.6) is 0 Å². The van der Waals surface area contributed by atoms with Gasteiger partial charge in [-0.2, -0.15) is 0 Å². The van der Waals surface area contributed by atoms with Gasteiger partial charge in [0.1, 0.15) is 0 Å². The first-order chi connectivity index (χ1) is 11.7. The van der Waals surface area contributed by atoms with Crippen molar-refractivity contribution in [3.05, 3.63) is 82.9 Å². The maximum atomic E-state index is 2.38. The Bertz CT molecular complexity index is 890. The van der Waals surface area contributed by atoms with Crippen molar-refractivity contribution in [2.45, 2.75) is 27.2 Å². The lowest BCUT2D eigenvalue weighted by molar-refractivity contribution is 1.02. The van der Waals surface area contributed by atoms with Crippen LogP contribution in [0.15, 0.2) is 60.7 Å². The molecule has 3 aromatic rings. The fourth-order valence-corrected chi connectivity index (χ4v) is 3.71. The van der Waals surface area contributed by atoms with Crippen LogP contribution in [0.1, 0.15) is 29.2 Å². The van der Waals surface area contributed by atoms with Crippen molar-refractivity contribution in [2.24, 2.45) is 0 Å². The summed E-state index contributed by atoms with van der Waals surface area (Å²) in [5, 5.41) is 0. The second-order valence-corrected chi connectivity index (χ2v) is 6.76. The zero-order valence-corrected chi connectivity index (χ0v) is 14.6. The van der Waals surface area contributed by atoms with E-state index in [4.69, 9.17) is 0 Å². The Morgan fingerprint density at radius 3 is 2.17 bits per heavy atom. The molecule has 0 unspecified atom stereocenters. The highest BCUT2D eigenvalue weighted by molar-refractivity contribution is 5.81. The predicted molar refractivity (Wildman–Crippen MR) is 103 cm³/mol. The van der Waals surface area contributed by atoms with Gasteiger partial charge in [-0.25, -0.2) is 0 Å². The summed E-state index contributed by atoms with van der Waals surface area (Å²) in [7, 11) is 0. The summed E-state index contributed by atoms with van der Waals surface area (Å²) in [5.41, 5.74) is 10.9. The highest BCUT2D eigenvalue weighted by atomic mass is 15.1. The lowest BCUT2D eigenvalue weighted by atomic mass is 10.0. The fraction of sp³-hybridized carbons (Fsp3) is 0.217. The van der Waals surface area contributed by atoms with E-state index in [0.717, 1.165) is 13.0 Å². The zero-order chi connectivity index (χ0) is 16.7. The number of anilines is 2. The van der Waals surface area contributed by atoms with Crippen molar-refractivity contribution in [2.75, 3.05) is 11.4 Å². The molecule has 0 atom stereocenters. The predicted octanol–water partition coefficient (Wildman–Crippen LogP) is 6.03. The van der Waals surface area contributed by atoms with E-state index in [0.29, 0.717) is 0 Å². The highest BCUT2D eigenvalue weighted by Crippen LogP contribution is 2.40. The molecule has 0 saturated heterocycles. The van der Waals surface area contributed by atoms with Crippen LogP contribution in [0.3, 0.4) is 0 Å². The van der Waals surface area contributed by atoms with Gasteiger partial charge in [-0.05, 0) is 73.7 Å². The van der Waals surface area contributed by atoms with Crippen LogP contribution in [0.2, 0.25) is 0 Å². The average molecular weight is 313 g/mol. The van der Waals surface area contributed by atoms with Crippen LogP contribution in [0.25, 0.3) is 11.1 Å². The molecule has 0 amide bonds. The van der Waals surface area contributed by atoms with Crippen LogP contribution < -0.4 is 4.90 Å². The molecule has 0 radical (unpaired) electrons. The molecular formula is C23H23N. The van der Waals surface area contributed by atoms with Gasteiger partial charge in [-0.3, -0.25) is 0 Å². The molecule has 120 valence electrons. The Morgan fingerprint density at radius 2 is 1.42 bits per heavy atom. The zero-order valence-electron chi connectivity index (χ0n) is 14.6. The Hall–Kier alpha value is -2.54. The standard InChI is InChI=1S/C23H23N/c1-4-24(20-9-5-16(2)6-10-20)21-11-8-18-14-19-13-17(3)7-12-22(19)23(18)15-21/h5-13,15H,4,14H2,1-3H3. The van der Waals surface area contributed by atoms with E-state index in [9.17, 15) is 0 Å². The van der Waals surface area contributed by atoms with E-state index in [2.05, 4.69) is 86.3 Å². The summed E-state index contributed by atoms with van der Waals surface area (Å²) >= 11 is 0. The second-order valence-electron chi connectivity index (χ2n) is 6.76. The first kappa shape index (κ1) is 15.0. The largest absolute Gasteiger partial charge is 0.342 e. The molecule has 1 heteroatoms. The minimum absolute atomic E-state index is 0.961. The summed E-state index contributed by atoms with van der Waals surface area (Å²) in [6, 6.07) is 22.5. The van der Waals surface area contributed by atoms with E-state index < -0.39 is 0 Å². The summed E-state index contributed by atoms with van der Waals surface area (Å²) < 4.78 is 0. The summed E-state index contributed by atoms with van der Waals surface area (Å²) in [6.07, 6.45) is 1.06. The quantitative estimate of drug-likeness (QED) is 0.446. The van der Waals surface area contributed by atoms with Crippen molar-refractivity contribution < 1.29 is 0 Å². The highest BCUT2D eigenvalue weighted by Gasteiger charge is 2.20. The molecule has 0 aliphatic heterocycles. The first-order valence-corrected chi connectivity index (χ1v) is 8.73. The second kappa shape index (κ2) is 5.83. The minimum atomic E-state index is 0.961. The van der Waals surface area contributed by atoms with Gasteiger partial charge in [0.15, 0.2) is 0 Å². The number of fused-ring (bicyclic) bond motifs is 3. The Morgan fingerprint density at radius 1 is 0.708 bits per heavy atom. The summed E-state index contributed by atoms with van der Waals surface area (Å²) in [4.78, 5) is 2.38. The van der Waals surface area contributed by atoms with Crippen molar-refractivity contribution in [3.8, 4) is 11.1 Å². The molecular weight excluding hydrogens is 290 g/mol. The Kier molecular flexibility index (Phi) is 3.65. The molecule has 1 aliphatic rings. The number of nitrogens with zero attached hydrogens (tertiary/aromatic N) is 1. The molecule has 1 nitrogen and oxygen atoms in total. The van der Waals surface area contributed by atoms with Gasteiger partial charge in [0.25, 0.3) is 0 Å². The van der Waals surface area contributed by atoms with Gasteiger partial charge in [-0.15, -0.1) is 0 Å². The maximum Gasteiger partial charge on any atom is 0.0417 e. The summed E-state index contributed by atoms with van der Waals surface area (Å²) in [6.45, 7) is 7.48. The van der Waals surface area contributed by atoms with Gasteiger partial charge in [0.2, 0.25) is 0 Å². The molecule has 24 heavy (non-hydrogen) atoms. The normalized spacial score (nSPS) is 12.0. The third kappa shape index (κ3) is 2.50. The van der Waals surface area contributed by atoms with E-state index in [1.165, 1.54) is 44.8 Å². The number of aryl methyl sites for hydroxylation is 2. The Labute approximate surface area is 144 Å². The van der Waals surface area contributed by atoms with Crippen LogP contribution in [0, 0.1) is 13.8 Å². The molecule has 0 bridgehead atoms. The number of hydrogen-bond donors (Lipinski definition) is 0. The van der Waals surface area contributed by atoms with Crippen molar-refractivity contribution in [1.29, 1.82) is 0 Å². The molecule has 1 aliphatic carbocycles. The number of rotatable bonds is 3. The van der Waals surface area contributed by atoms with Crippen molar-refractivity contribution >= 4 is 11.4 Å². The van der Waals surface area contributed by atoms with Crippen LogP contribution >= 0.6 is 0 Å². The van der Waals surface area contributed by atoms with Gasteiger partial charge in [-0.1, -0.05) is 47.5 Å². The lowest BCUT2D eigenvalue weighted by Gasteiger charge is -2.24. The van der Waals surface area contributed by atoms with Crippen LogP contribution in [0.4, 0.5) is 11.4 Å². The molecule has 3 aromatic carbocycles. The van der Waals surface area contributed by atoms with Crippen LogP contribution in [-0.4, -0.2) is 6.54 Å². The fourth-order valence-electron chi connectivity index (χ4n) is 3.71. The van der Waals surface area contributed by atoms with E-state index >= 15 is 0 Å². The Balaban J connectivity index is 1.77. The van der Waals surface area contributed by atoms with Gasteiger partial charge in [0, 0.05) is 17.9 Å². The third-order valence-corrected chi connectivity index (χ3v) is 5.00. The number of hydrogen-bond acceptors (Lipinski definition) is 1. The van der Waals surface area contributed by atoms with E-state index in [1.807, 2.05) is 0 Å². The molecule has 0 spiro atoms. The van der Waals surface area contributed by atoms with Crippen molar-refractivity contribution in [1.82, 2.24) is 0 Å². The number of benzene rings is 3. The van der Waals surface area contributed by atoms with E-state index in [1.54, 1.807) is 0 Å². The van der Waals surface area contributed by atoms with Gasteiger partial charge in [0.05, 0.1) is 0 Å².